The Labute approximate surface area is 136 Å². The number of imide groups is 1. The summed E-state index contributed by atoms with van der Waals surface area (Å²) in [6, 6.07) is 12.8. The fraction of sp³-hybridized carbons (Fsp3) is 0.263. The molecule has 0 unspecified atom stereocenters. The summed E-state index contributed by atoms with van der Waals surface area (Å²) in [5, 5.41) is 0. The Balaban J connectivity index is 2.01. The highest BCUT2D eigenvalue weighted by Gasteiger charge is 2.36. The average molecular weight is 308 g/mol. The Morgan fingerprint density at radius 1 is 0.913 bits per heavy atom. The molecule has 0 spiro atoms. The van der Waals surface area contributed by atoms with Crippen molar-refractivity contribution < 1.29 is 9.59 Å². The molecule has 0 radical (unpaired) electrons. The summed E-state index contributed by atoms with van der Waals surface area (Å²) in [6.07, 6.45) is 0. The molecule has 1 aliphatic heterocycles. The zero-order valence-corrected chi connectivity index (χ0v) is 13.7. The third-order valence-corrected chi connectivity index (χ3v) is 4.34. The molecule has 0 bridgehead atoms. The van der Waals surface area contributed by atoms with Crippen molar-refractivity contribution in [3.8, 4) is 0 Å². The van der Waals surface area contributed by atoms with E-state index in [0.29, 0.717) is 16.8 Å². The van der Waals surface area contributed by atoms with E-state index in [1.165, 1.54) is 4.90 Å². The van der Waals surface area contributed by atoms with Gasteiger partial charge in [0.05, 0.1) is 16.8 Å². The van der Waals surface area contributed by atoms with Gasteiger partial charge < -0.3 is 4.90 Å². The van der Waals surface area contributed by atoms with Crippen LogP contribution in [0, 0.1) is 6.92 Å². The molecule has 0 aromatic heterocycles. The van der Waals surface area contributed by atoms with E-state index in [1.54, 1.807) is 24.3 Å². The van der Waals surface area contributed by atoms with Crippen LogP contribution >= 0.6 is 0 Å². The number of amides is 2. The molecule has 0 aliphatic carbocycles. The van der Waals surface area contributed by atoms with Crippen LogP contribution in [-0.4, -0.2) is 24.9 Å². The first-order valence-electron chi connectivity index (χ1n) is 7.91. The van der Waals surface area contributed by atoms with Crippen molar-refractivity contribution in [2.75, 3.05) is 22.9 Å². The second kappa shape index (κ2) is 5.88. The van der Waals surface area contributed by atoms with Crippen LogP contribution in [0.15, 0.2) is 42.5 Å². The van der Waals surface area contributed by atoms with E-state index in [1.807, 2.05) is 25.1 Å². The average Bonchev–Trinajstić information content (AvgIpc) is 2.81. The Kier molecular flexibility index (Phi) is 3.90. The van der Waals surface area contributed by atoms with E-state index in [-0.39, 0.29) is 11.8 Å². The van der Waals surface area contributed by atoms with Gasteiger partial charge in [0.2, 0.25) is 0 Å². The molecule has 118 valence electrons. The molecule has 2 aromatic carbocycles. The van der Waals surface area contributed by atoms with Gasteiger partial charge in [-0.15, -0.1) is 0 Å². The van der Waals surface area contributed by atoms with Crippen LogP contribution in [0.3, 0.4) is 0 Å². The second-order valence-electron chi connectivity index (χ2n) is 5.63. The topological polar surface area (TPSA) is 40.6 Å². The number of fused-ring (bicyclic) bond motifs is 1. The maximum atomic E-state index is 12.6. The minimum Gasteiger partial charge on any atom is -0.372 e. The molecule has 0 fully saturated rings. The smallest absolute Gasteiger partial charge is 0.266 e. The SMILES string of the molecule is CCN(CC)c1ccc(N2C(=O)c3ccccc3C2=O)c(C)c1. The largest absolute Gasteiger partial charge is 0.372 e. The molecule has 2 aromatic rings. The molecular formula is C19H20N2O2. The number of aryl methyl sites for hydroxylation is 1. The minimum absolute atomic E-state index is 0.246. The molecule has 0 saturated heterocycles. The summed E-state index contributed by atoms with van der Waals surface area (Å²) in [5.41, 5.74) is 3.64. The van der Waals surface area contributed by atoms with Crippen molar-refractivity contribution >= 4 is 23.2 Å². The predicted molar refractivity (Wildman–Crippen MR) is 92.3 cm³/mol. The van der Waals surface area contributed by atoms with Crippen molar-refractivity contribution in [3.05, 3.63) is 59.2 Å². The quantitative estimate of drug-likeness (QED) is 0.810. The molecule has 4 nitrogen and oxygen atoms in total. The van der Waals surface area contributed by atoms with Gasteiger partial charge in [0.15, 0.2) is 0 Å². The van der Waals surface area contributed by atoms with Gasteiger partial charge in [-0.1, -0.05) is 12.1 Å². The number of benzene rings is 2. The highest BCUT2D eigenvalue weighted by molar-refractivity contribution is 6.34. The van der Waals surface area contributed by atoms with Crippen molar-refractivity contribution in [2.24, 2.45) is 0 Å². The summed E-state index contributed by atoms with van der Waals surface area (Å²) in [5.74, 6) is -0.492. The summed E-state index contributed by atoms with van der Waals surface area (Å²) in [4.78, 5) is 28.7. The lowest BCUT2D eigenvalue weighted by molar-refractivity contribution is 0.0926. The number of hydrogen-bond donors (Lipinski definition) is 0. The van der Waals surface area contributed by atoms with Crippen LogP contribution in [-0.2, 0) is 0 Å². The number of rotatable bonds is 4. The molecule has 0 N–H and O–H groups in total. The van der Waals surface area contributed by atoms with Crippen molar-refractivity contribution in [1.82, 2.24) is 0 Å². The number of anilines is 2. The third kappa shape index (κ3) is 2.40. The van der Waals surface area contributed by atoms with E-state index in [2.05, 4.69) is 18.7 Å². The predicted octanol–water partition coefficient (Wildman–Crippen LogP) is 3.64. The molecule has 1 aliphatic rings. The molecule has 0 saturated carbocycles. The molecule has 3 rings (SSSR count). The Morgan fingerprint density at radius 2 is 1.48 bits per heavy atom. The molecule has 1 heterocycles. The lowest BCUT2D eigenvalue weighted by Crippen LogP contribution is -2.30. The normalized spacial score (nSPS) is 13.4. The molecule has 23 heavy (non-hydrogen) atoms. The van der Waals surface area contributed by atoms with Gasteiger partial charge in [0.1, 0.15) is 0 Å². The molecule has 0 atom stereocenters. The van der Waals surface area contributed by atoms with E-state index in [4.69, 9.17) is 0 Å². The zero-order chi connectivity index (χ0) is 16.6. The minimum atomic E-state index is -0.246. The number of hydrogen-bond acceptors (Lipinski definition) is 3. The maximum absolute atomic E-state index is 12.6. The van der Waals surface area contributed by atoms with Crippen LogP contribution in [0.2, 0.25) is 0 Å². The maximum Gasteiger partial charge on any atom is 0.266 e. The number of carbonyl (C=O) groups excluding carboxylic acids is 2. The number of carbonyl (C=O) groups is 2. The van der Waals surface area contributed by atoms with Crippen LogP contribution in [0.4, 0.5) is 11.4 Å². The summed E-state index contributed by atoms with van der Waals surface area (Å²) < 4.78 is 0. The Hall–Kier alpha value is -2.62. The van der Waals surface area contributed by atoms with E-state index < -0.39 is 0 Å². The number of nitrogens with zero attached hydrogens (tertiary/aromatic N) is 2. The highest BCUT2D eigenvalue weighted by atomic mass is 16.2. The fourth-order valence-corrected chi connectivity index (χ4v) is 3.08. The molecular weight excluding hydrogens is 288 g/mol. The lowest BCUT2D eigenvalue weighted by atomic mass is 10.1. The first-order chi connectivity index (χ1) is 11.1. The highest BCUT2D eigenvalue weighted by Crippen LogP contribution is 2.32. The summed E-state index contributed by atoms with van der Waals surface area (Å²) in [6.45, 7) is 7.99. The van der Waals surface area contributed by atoms with Gasteiger partial charge in [-0.3, -0.25) is 9.59 Å². The monoisotopic (exact) mass is 308 g/mol. The Morgan fingerprint density at radius 3 is 1.96 bits per heavy atom. The van der Waals surface area contributed by atoms with Crippen LogP contribution in [0.1, 0.15) is 40.1 Å². The third-order valence-electron chi connectivity index (χ3n) is 4.34. The van der Waals surface area contributed by atoms with Gasteiger partial charge in [-0.2, -0.15) is 0 Å². The van der Waals surface area contributed by atoms with Gasteiger partial charge in [0.25, 0.3) is 11.8 Å². The molecule has 2 amide bonds. The van der Waals surface area contributed by atoms with Crippen molar-refractivity contribution in [1.29, 1.82) is 0 Å². The zero-order valence-electron chi connectivity index (χ0n) is 13.7. The van der Waals surface area contributed by atoms with Gasteiger partial charge in [0, 0.05) is 18.8 Å². The van der Waals surface area contributed by atoms with Crippen molar-refractivity contribution in [3.63, 3.8) is 0 Å². The first kappa shape index (κ1) is 15.3. The van der Waals surface area contributed by atoms with E-state index in [9.17, 15) is 9.59 Å². The lowest BCUT2D eigenvalue weighted by Gasteiger charge is -2.23. The summed E-state index contributed by atoms with van der Waals surface area (Å²) in [7, 11) is 0. The first-order valence-corrected chi connectivity index (χ1v) is 7.91. The van der Waals surface area contributed by atoms with Crippen LogP contribution in [0.5, 0.6) is 0 Å². The second-order valence-corrected chi connectivity index (χ2v) is 5.63. The standard InChI is InChI=1S/C19H20N2O2/c1-4-20(5-2)14-10-11-17(13(3)12-14)21-18(22)15-8-6-7-9-16(15)19(21)23/h6-12H,4-5H2,1-3H3. The van der Waals surface area contributed by atoms with Crippen LogP contribution < -0.4 is 9.80 Å². The van der Waals surface area contributed by atoms with Crippen molar-refractivity contribution in [2.45, 2.75) is 20.8 Å². The van der Waals surface area contributed by atoms with Gasteiger partial charge >= 0.3 is 0 Å². The van der Waals surface area contributed by atoms with Gasteiger partial charge in [-0.05, 0) is 56.7 Å². The molecule has 4 heteroatoms. The van der Waals surface area contributed by atoms with Gasteiger partial charge in [-0.25, -0.2) is 4.90 Å². The summed E-state index contributed by atoms with van der Waals surface area (Å²) >= 11 is 0. The van der Waals surface area contributed by atoms with E-state index in [0.717, 1.165) is 24.3 Å². The fourth-order valence-electron chi connectivity index (χ4n) is 3.08. The van der Waals surface area contributed by atoms with E-state index >= 15 is 0 Å². The Bertz CT molecular complexity index is 744. The van der Waals surface area contributed by atoms with Crippen LogP contribution in [0.25, 0.3) is 0 Å².